The first kappa shape index (κ1) is 31.4. The molecule has 3 aromatic carbocycles. The Hall–Kier alpha value is -6.01. The van der Waals surface area contributed by atoms with Gasteiger partial charge in [-0.25, -0.2) is 9.59 Å². The monoisotopic (exact) mass is 637 g/mol. The van der Waals surface area contributed by atoms with Gasteiger partial charge in [0.05, 0.1) is 11.8 Å². The minimum atomic E-state index is -1.17. The summed E-state index contributed by atoms with van der Waals surface area (Å²) >= 11 is 5.39. The van der Waals surface area contributed by atoms with Crippen LogP contribution in [0.4, 0.5) is 5.69 Å². The summed E-state index contributed by atoms with van der Waals surface area (Å²) in [6, 6.07) is 20.8. The fraction of sp³-hybridized carbons (Fsp3) is 0.0882. The van der Waals surface area contributed by atoms with Crippen LogP contribution in [-0.2, 0) is 9.63 Å². The van der Waals surface area contributed by atoms with Crippen LogP contribution in [0.25, 0.3) is 39.5 Å². The fourth-order valence-corrected chi connectivity index (χ4v) is 4.96. The summed E-state index contributed by atoms with van der Waals surface area (Å²) in [6.45, 7) is 0.764. The summed E-state index contributed by atoms with van der Waals surface area (Å²) in [5, 5.41) is 39.8. The van der Waals surface area contributed by atoms with Gasteiger partial charge in [-0.3, -0.25) is 4.79 Å². The summed E-state index contributed by atoms with van der Waals surface area (Å²) in [6.07, 6.45) is 4.65. The highest BCUT2D eigenvalue weighted by Crippen LogP contribution is 2.42. The average Bonchev–Trinajstić information content (AvgIpc) is 3.02. The van der Waals surface area contributed by atoms with E-state index in [1.807, 2.05) is 6.07 Å². The Balaban J connectivity index is 1.22. The number of anilines is 1. The summed E-state index contributed by atoms with van der Waals surface area (Å²) in [4.78, 5) is 40.5. The van der Waals surface area contributed by atoms with Crippen molar-refractivity contribution in [1.29, 1.82) is 0 Å². The molecule has 0 fully saturated rings. The van der Waals surface area contributed by atoms with Crippen molar-refractivity contribution in [2.75, 3.05) is 18.5 Å². The zero-order chi connectivity index (χ0) is 32.6. The standard InChI is InChI=1S/C34H27N3O8S/c38-23-7-10-26-29(17-23)45-30-18-24(39)8-11-27(30)32(26)25-9-6-22(16-28(25)33(42)43)37-34(46)35-13-2-14-44-36-19-21-4-1-3-20(15-21)5-12-31(40)41/h1,3-12,15-19,38H,2,13-14H2,(H,40,41)(H,42,43)(H2,35,37,46)/b12-5-,36-19+. The lowest BCUT2D eigenvalue weighted by atomic mass is 9.90. The smallest absolute Gasteiger partial charge is 0.336 e. The predicted octanol–water partition coefficient (Wildman–Crippen LogP) is 5.79. The third-order valence-electron chi connectivity index (χ3n) is 6.76. The molecule has 12 heteroatoms. The quantitative estimate of drug-likeness (QED) is 0.0296. The zero-order valence-corrected chi connectivity index (χ0v) is 24.9. The second kappa shape index (κ2) is 14.2. The third-order valence-corrected chi connectivity index (χ3v) is 7.00. The number of fused-ring (bicyclic) bond motifs is 2. The van der Waals surface area contributed by atoms with Crippen molar-refractivity contribution >= 4 is 58.2 Å². The van der Waals surface area contributed by atoms with E-state index in [1.165, 1.54) is 42.6 Å². The lowest BCUT2D eigenvalue weighted by Gasteiger charge is -2.18. The Labute approximate surface area is 267 Å². The molecule has 0 bridgehead atoms. The van der Waals surface area contributed by atoms with Crippen molar-refractivity contribution in [3.8, 4) is 28.2 Å². The molecule has 5 rings (SSSR count). The first-order valence-corrected chi connectivity index (χ1v) is 14.4. The Morgan fingerprint density at radius 1 is 0.957 bits per heavy atom. The summed E-state index contributed by atoms with van der Waals surface area (Å²) in [7, 11) is 0. The second-order valence-electron chi connectivity index (χ2n) is 10.0. The van der Waals surface area contributed by atoms with Gasteiger partial charge >= 0.3 is 11.9 Å². The molecule has 232 valence electrons. The molecule has 0 aromatic heterocycles. The number of benzene rings is 4. The number of rotatable bonds is 11. The van der Waals surface area contributed by atoms with Crippen LogP contribution in [0.3, 0.4) is 0 Å². The number of carboxylic acid groups (broad SMARTS) is 2. The molecule has 0 atom stereocenters. The molecule has 0 saturated heterocycles. The van der Waals surface area contributed by atoms with Crippen LogP contribution in [0.2, 0.25) is 0 Å². The van der Waals surface area contributed by atoms with E-state index in [9.17, 15) is 24.6 Å². The summed E-state index contributed by atoms with van der Waals surface area (Å²) < 4.78 is 5.87. The number of phenolic OH excluding ortho intramolecular Hbond substituents is 1. The molecule has 0 saturated carbocycles. The molecular formula is C34H27N3O8S. The molecular weight excluding hydrogens is 610 g/mol. The molecule has 11 nitrogen and oxygen atoms in total. The Morgan fingerprint density at radius 3 is 2.57 bits per heavy atom. The lowest BCUT2D eigenvalue weighted by molar-refractivity contribution is -0.131. The highest BCUT2D eigenvalue weighted by atomic mass is 32.1. The molecule has 1 aliphatic heterocycles. The van der Waals surface area contributed by atoms with E-state index in [0.717, 1.165) is 17.2 Å². The summed E-state index contributed by atoms with van der Waals surface area (Å²) in [5.41, 5.74) is 3.44. The minimum absolute atomic E-state index is 0.00409. The van der Waals surface area contributed by atoms with Crippen molar-refractivity contribution in [1.82, 2.24) is 5.32 Å². The van der Waals surface area contributed by atoms with E-state index in [2.05, 4.69) is 15.8 Å². The van der Waals surface area contributed by atoms with Crippen LogP contribution in [-0.4, -0.2) is 51.7 Å². The molecule has 3 aromatic rings. The zero-order valence-electron chi connectivity index (χ0n) is 24.1. The molecule has 2 aliphatic rings. The number of carboxylic acids is 2. The van der Waals surface area contributed by atoms with E-state index < -0.39 is 11.9 Å². The number of thiocarbonyl (C=S) groups is 1. The van der Waals surface area contributed by atoms with E-state index in [4.69, 9.17) is 26.6 Å². The van der Waals surface area contributed by atoms with Crippen molar-refractivity contribution in [3.63, 3.8) is 0 Å². The second-order valence-corrected chi connectivity index (χ2v) is 10.4. The van der Waals surface area contributed by atoms with Crippen molar-refractivity contribution in [2.24, 2.45) is 5.16 Å². The Morgan fingerprint density at radius 2 is 1.76 bits per heavy atom. The number of nitrogens with zero attached hydrogens (tertiary/aromatic N) is 1. The van der Waals surface area contributed by atoms with Crippen molar-refractivity contribution in [3.05, 3.63) is 112 Å². The van der Waals surface area contributed by atoms with Gasteiger partial charge in [0.15, 0.2) is 10.5 Å². The van der Waals surface area contributed by atoms with Crippen LogP contribution in [0.1, 0.15) is 27.9 Å². The lowest BCUT2D eigenvalue weighted by Crippen LogP contribution is -2.29. The van der Waals surface area contributed by atoms with Gasteiger partial charge in [-0.05, 0) is 77.4 Å². The average molecular weight is 638 g/mol. The highest BCUT2D eigenvalue weighted by Gasteiger charge is 2.22. The Kier molecular flexibility index (Phi) is 9.69. The largest absolute Gasteiger partial charge is 0.508 e. The van der Waals surface area contributed by atoms with Crippen molar-refractivity contribution < 1.29 is 34.2 Å². The number of aromatic carboxylic acids is 1. The molecule has 1 aliphatic carbocycles. The van der Waals surface area contributed by atoms with E-state index in [0.29, 0.717) is 52.9 Å². The number of hydrogen-bond acceptors (Lipinski definition) is 8. The maximum Gasteiger partial charge on any atom is 0.336 e. The van der Waals surface area contributed by atoms with Gasteiger partial charge in [0.1, 0.15) is 23.7 Å². The van der Waals surface area contributed by atoms with Gasteiger partial charge in [0.2, 0.25) is 0 Å². The first-order valence-electron chi connectivity index (χ1n) is 14.0. The fourth-order valence-electron chi connectivity index (χ4n) is 4.74. The maximum atomic E-state index is 12.4. The minimum Gasteiger partial charge on any atom is -0.508 e. The van der Waals surface area contributed by atoms with Crippen molar-refractivity contribution in [2.45, 2.75) is 6.42 Å². The van der Waals surface area contributed by atoms with E-state index in [-0.39, 0.29) is 27.6 Å². The van der Waals surface area contributed by atoms with Crippen LogP contribution in [0.15, 0.2) is 99.3 Å². The van der Waals surface area contributed by atoms with E-state index >= 15 is 0 Å². The number of phenols is 1. The Bertz CT molecular complexity index is 2040. The number of aromatic hydroxyl groups is 1. The number of hydrogen-bond donors (Lipinski definition) is 5. The molecule has 5 N–H and O–H groups in total. The van der Waals surface area contributed by atoms with Gasteiger partial charge in [-0.15, -0.1) is 0 Å². The van der Waals surface area contributed by atoms with Crippen LogP contribution < -0.4 is 16.1 Å². The molecule has 1 heterocycles. The molecule has 46 heavy (non-hydrogen) atoms. The molecule has 0 spiro atoms. The number of carbonyl (C=O) groups is 2. The van der Waals surface area contributed by atoms with Gasteiger partial charge < -0.3 is 35.2 Å². The normalized spacial score (nSPS) is 11.3. The van der Waals surface area contributed by atoms with Gasteiger partial charge in [-0.1, -0.05) is 29.4 Å². The number of nitrogens with one attached hydrogen (secondary N) is 2. The number of oxime groups is 1. The first-order chi connectivity index (χ1) is 22.2. The third kappa shape index (κ3) is 7.73. The number of aliphatic carboxylic acids is 1. The molecule has 0 amide bonds. The van der Waals surface area contributed by atoms with Gasteiger partial charge in [0, 0.05) is 53.4 Å². The molecule has 0 unspecified atom stereocenters. The van der Waals surface area contributed by atoms with Crippen LogP contribution in [0.5, 0.6) is 5.75 Å². The molecule has 0 radical (unpaired) electrons. The van der Waals surface area contributed by atoms with Gasteiger partial charge in [-0.2, -0.15) is 0 Å². The highest BCUT2D eigenvalue weighted by molar-refractivity contribution is 7.80. The van der Waals surface area contributed by atoms with Crippen LogP contribution >= 0.6 is 12.2 Å². The predicted molar refractivity (Wildman–Crippen MR) is 179 cm³/mol. The van der Waals surface area contributed by atoms with E-state index in [1.54, 1.807) is 42.5 Å². The topological polar surface area (TPSA) is 171 Å². The van der Waals surface area contributed by atoms with Crippen LogP contribution in [0, 0.1) is 0 Å². The van der Waals surface area contributed by atoms with Gasteiger partial charge in [0.25, 0.3) is 0 Å². The summed E-state index contributed by atoms with van der Waals surface area (Å²) in [5.74, 6) is -1.97. The SMILES string of the molecule is O=C(O)/C=C\c1cccc(/C=N/OCCCNC(=S)Nc2ccc(-c3c4ccc(=O)cc-4oc4cc(O)ccc34)c(C(=O)O)c2)c1. The maximum absolute atomic E-state index is 12.4.